The summed E-state index contributed by atoms with van der Waals surface area (Å²) < 4.78 is 13.5. The monoisotopic (exact) mass is 434 g/mol. The van der Waals surface area contributed by atoms with E-state index < -0.39 is 8.56 Å². The van der Waals surface area contributed by atoms with E-state index in [4.69, 9.17) is 8.85 Å². The number of hydrogen-bond donors (Lipinski definition) is 0. The molecular weight excluding hydrogens is 422 g/mol. The van der Waals surface area contributed by atoms with Crippen molar-refractivity contribution in [3.05, 3.63) is 25.3 Å². The lowest BCUT2D eigenvalue weighted by Crippen LogP contribution is -2.50. The summed E-state index contributed by atoms with van der Waals surface area (Å²) >= 11 is 4.62. The van der Waals surface area contributed by atoms with Gasteiger partial charge in [-0.1, -0.05) is 0 Å². The molecule has 0 amide bonds. The van der Waals surface area contributed by atoms with Gasteiger partial charge in [0.15, 0.2) is 0 Å². The molecule has 0 saturated carbocycles. The van der Waals surface area contributed by atoms with Crippen molar-refractivity contribution in [1.82, 2.24) is 0 Å². The minimum atomic E-state index is -2.16. The lowest BCUT2D eigenvalue weighted by Gasteiger charge is -2.24. The van der Waals surface area contributed by atoms with E-state index in [-0.39, 0.29) is 0 Å². The summed E-state index contributed by atoms with van der Waals surface area (Å²) in [6.45, 7) is 2.06. The molecule has 0 fully saturated rings. The fourth-order valence-electron chi connectivity index (χ4n) is 1.15. The van der Waals surface area contributed by atoms with Crippen molar-refractivity contribution >= 4 is 58.9 Å². The molecule has 1 aromatic rings. The third-order valence-electron chi connectivity index (χ3n) is 2.20. The molecule has 14 heavy (non-hydrogen) atoms. The van der Waals surface area contributed by atoms with E-state index in [9.17, 15) is 0 Å². The van der Waals surface area contributed by atoms with Crippen molar-refractivity contribution in [3.8, 4) is 0 Å². The van der Waals surface area contributed by atoms with Gasteiger partial charge in [-0.3, -0.25) is 0 Å². The number of hydrogen-bond acceptors (Lipinski definition) is 2. The van der Waals surface area contributed by atoms with Gasteiger partial charge in [-0.2, -0.15) is 0 Å². The summed E-state index contributed by atoms with van der Waals surface area (Å²) in [7, 11) is 1.27. The third-order valence-corrected chi connectivity index (χ3v) is 7.27. The Bertz CT molecular complexity index is 327. The van der Waals surface area contributed by atoms with Crippen LogP contribution in [0.5, 0.6) is 0 Å². The Morgan fingerprint density at radius 2 is 1.71 bits per heavy atom. The van der Waals surface area contributed by atoms with Crippen LogP contribution in [-0.2, 0) is 8.85 Å². The predicted molar refractivity (Wildman–Crippen MR) is 77.1 cm³/mol. The molecule has 2 nitrogen and oxygen atoms in total. The minimum Gasteiger partial charge on any atom is -0.394 e. The van der Waals surface area contributed by atoms with Crippen LogP contribution in [0.1, 0.15) is 0 Å². The summed E-state index contributed by atoms with van der Waals surface area (Å²) in [5.74, 6) is 0. The molecule has 0 unspecified atom stereocenters. The van der Waals surface area contributed by atoms with Gasteiger partial charge in [0.1, 0.15) is 0 Å². The average Bonchev–Trinajstić information content (AvgIpc) is 2.20. The zero-order chi connectivity index (χ0) is 10.8. The van der Waals surface area contributed by atoms with Crippen molar-refractivity contribution in [3.63, 3.8) is 0 Å². The van der Waals surface area contributed by atoms with Crippen LogP contribution in [0, 0.1) is 7.14 Å². The van der Waals surface area contributed by atoms with Crippen LogP contribution in [-0.4, -0.2) is 22.8 Å². The van der Waals surface area contributed by atoms with Crippen molar-refractivity contribution in [2.24, 2.45) is 0 Å². The topological polar surface area (TPSA) is 18.5 Å². The van der Waals surface area contributed by atoms with Gasteiger partial charge in [0.05, 0.1) is 0 Å². The summed E-state index contributed by atoms with van der Waals surface area (Å²) in [4.78, 5) is 0. The Labute approximate surface area is 113 Å². The molecule has 5 heteroatoms. The highest BCUT2D eigenvalue weighted by Crippen LogP contribution is 2.14. The average molecular weight is 434 g/mol. The Kier molecular flexibility index (Phi) is 4.82. The van der Waals surface area contributed by atoms with E-state index in [2.05, 4.69) is 69.9 Å². The summed E-state index contributed by atoms with van der Waals surface area (Å²) in [6, 6.07) is 6.33. The van der Waals surface area contributed by atoms with Crippen LogP contribution in [0.15, 0.2) is 18.2 Å². The molecular formula is C9H12I2O2Si. The summed E-state index contributed by atoms with van der Waals surface area (Å²) in [5.41, 5.74) is 0. The molecule has 0 atom stereocenters. The molecule has 0 spiro atoms. The molecule has 0 radical (unpaired) electrons. The first kappa shape index (κ1) is 12.9. The minimum absolute atomic E-state index is 1.20. The van der Waals surface area contributed by atoms with Crippen LogP contribution in [0.25, 0.3) is 0 Å². The molecule has 0 saturated heterocycles. The van der Waals surface area contributed by atoms with Crippen LogP contribution in [0.3, 0.4) is 0 Å². The largest absolute Gasteiger partial charge is 0.394 e. The van der Waals surface area contributed by atoms with Gasteiger partial charge in [0, 0.05) is 26.5 Å². The van der Waals surface area contributed by atoms with E-state index in [1.165, 1.54) is 12.3 Å². The van der Waals surface area contributed by atoms with Crippen molar-refractivity contribution in [2.75, 3.05) is 14.2 Å². The SMILES string of the molecule is CO[Si](C)(OC)c1cc(I)ccc1I. The summed E-state index contributed by atoms with van der Waals surface area (Å²) in [6.07, 6.45) is 0. The number of rotatable bonds is 3. The second kappa shape index (κ2) is 5.24. The van der Waals surface area contributed by atoms with Crippen molar-refractivity contribution in [1.29, 1.82) is 0 Å². The van der Waals surface area contributed by atoms with Crippen LogP contribution in [0.4, 0.5) is 0 Å². The molecule has 0 aliphatic carbocycles. The quantitative estimate of drug-likeness (QED) is 0.538. The van der Waals surface area contributed by atoms with Crippen LogP contribution in [0.2, 0.25) is 6.55 Å². The molecule has 0 aromatic heterocycles. The van der Waals surface area contributed by atoms with E-state index in [1.54, 1.807) is 14.2 Å². The van der Waals surface area contributed by atoms with Crippen molar-refractivity contribution in [2.45, 2.75) is 6.55 Å². The molecule has 0 N–H and O–H groups in total. The van der Waals surface area contributed by atoms with Crippen LogP contribution >= 0.6 is 45.2 Å². The zero-order valence-electron chi connectivity index (χ0n) is 8.30. The third kappa shape index (κ3) is 2.69. The van der Waals surface area contributed by atoms with Gasteiger partial charge in [-0.05, 0) is 69.9 Å². The van der Waals surface area contributed by atoms with E-state index in [0.717, 1.165) is 0 Å². The molecule has 0 aliphatic rings. The standard InChI is InChI=1S/C9H12I2O2Si/c1-12-14(3,13-2)9-6-7(10)4-5-8(9)11/h4-6H,1-3H3. The maximum absolute atomic E-state index is 5.52. The highest BCUT2D eigenvalue weighted by molar-refractivity contribution is 14.1. The van der Waals surface area contributed by atoms with E-state index in [0.29, 0.717) is 0 Å². The van der Waals surface area contributed by atoms with Gasteiger partial charge < -0.3 is 8.85 Å². The van der Waals surface area contributed by atoms with E-state index >= 15 is 0 Å². The highest BCUT2D eigenvalue weighted by atomic mass is 127. The fraction of sp³-hybridized carbons (Fsp3) is 0.333. The molecule has 0 heterocycles. The predicted octanol–water partition coefficient (Wildman–Crippen LogP) is 2.47. The molecule has 1 rings (SSSR count). The van der Waals surface area contributed by atoms with Crippen molar-refractivity contribution < 1.29 is 8.85 Å². The van der Waals surface area contributed by atoms with Gasteiger partial charge in [0.25, 0.3) is 0 Å². The lowest BCUT2D eigenvalue weighted by molar-refractivity contribution is 0.265. The van der Waals surface area contributed by atoms with Gasteiger partial charge in [-0.15, -0.1) is 0 Å². The van der Waals surface area contributed by atoms with Gasteiger partial charge in [-0.25, -0.2) is 0 Å². The zero-order valence-corrected chi connectivity index (χ0v) is 13.6. The molecule has 1 aromatic carbocycles. The highest BCUT2D eigenvalue weighted by Gasteiger charge is 2.33. The number of benzene rings is 1. The first-order valence-electron chi connectivity index (χ1n) is 4.09. The normalized spacial score (nSPS) is 11.8. The maximum Gasteiger partial charge on any atom is 0.369 e. The molecule has 0 aliphatic heterocycles. The second-order valence-corrected chi connectivity index (χ2v) is 8.63. The van der Waals surface area contributed by atoms with Crippen LogP contribution < -0.4 is 5.19 Å². The first-order chi connectivity index (χ1) is 6.53. The smallest absolute Gasteiger partial charge is 0.369 e. The number of halogens is 2. The first-order valence-corrected chi connectivity index (χ1v) is 8.56. The van der Waals surface area contributed by atoms with Gasteiger partial charge >= 0.3 is 8.56 Å². The van der Waals surface area contributed by atoms with Gasteiger partial charge in [0.2, 0.25) is 0 Å². The second-order valence-electron chi connectivity index (χ2n) is 2.98. The Hall–Kier alpha value is 0.817. The Morgan fingerprint density at radius 1 is 1.14 bits per heavy atom. The Morgan fingerprint density at radius 3 is 2.21 bits per heavy atom. The fourth-order valence-corrected chi connectivity index (χ4v) is 5.28. The maximum atomic E-state index is 5.52. The molecule has 78 valence electrons. The lowest BCUT2D eigenvalue weighted by atomic mass is 10.4. The summed E-state index contributed by atoms with van der Waals surface area (Å²) in [5, 5.41) is 1.20. The Balaban J connectivity index is 3.22. The molecule has 0 bridgehead atoms. The van der Waals surface area contributed by atoms with E-state index in [1.807, 2.05) is 0 Å².